The van der Waals surface area contributed by atoms with E-state index in [0.29, 0.717) is 78.6 Å². The number of methoxy groups -OCH3 is 2. The number of carbonyl (C=O) groups is 5. The number of hydrogen-bond donors (Lipinski definition) is 4. The van der Waals surface area contributed by atoms with Crippen LogP contribution in [0, 0.1) is 23.7 Å². The van der Waals surface area contributed by atoms with Crippen LogP contribution >= 0.6 is 0 Å². The fourth-order valence-corrected chi connectivity index (χ4v) is 8.64. The van der Waals surface area contributed by atoms with Gasteiger partial charge in [-0.05, 0) is 43.2 Å². The molecule has 4 amide bonds. The first kappa shape index (κ1) is 57.4. The molecule has 0 aliphatic carbocycles. The monoisotopic (exact) mass is 923 g/mol. The van der Waals surface area contributed by atoms with Gasteiger partial charge in [0.25, 0.3) is 0 Å². The Morgan fingerprint density at radius 1 is 0.831 bits per heavy atom. The molecule has 0 spiro atoms. The van der Waals surface area contributed by atoms with Gasteiger partial charge in [0.05, 0.1) is 88.9 Å². The molecule has 0 radical (unpaired) electrons. The van der Waals surface area contributed by atoms with Crippen molar-refractivity contribution < 1.29 is 57.6 Å². The van der Waals surface area contributed by atoms with E-state index in [4.69, 9.17) is 29.6 Å². The minimum absolute atomic E-state index is 0.0403. The number of nitrogens with one attached hydrogen (secondary N) is 2. The second-order valence-electron chi connectivity index (χ2n) is 17.8. The number of rotatable bonds is 33. The third-order valence-corrected chi connectivity index (χ3v) is 12.4. The van der Waals surface area contributed by atoms with Crippen molar-refractivity contribution >= 4 is 29.6 Å². The van der Waals surface area contributed by atoms with Gasteiger partial charge in [-0.2, -0.15) is 0 Å². The number of ether oxygens (including phenoxy) is 5. The Morgan fingerprint density at radius 3 is 1.95 bits per heavy atom. The molecule has 1 fully saturated rings. The summed E-state index contributed by atoms with van der Waals surface area (Å²) in [5, 5.41) is 15.7. The Kier molecular flexibility index (Phi) is 26.9. The zero-order valence-corrected chi connectivity index (χ0v) is 41.0. The number of likely N-dealkylation sites (tertiary alicyclic amines) is 1. The van der Waals surface area contributed by atoms with Crippen LogP contribution in [0.3, 0.4) is 0 Å². The van der Waals surface area contributed by atoms with Crippen molar-refractivity contribution in [3.05, 3.63) is 35.9 Å². The molecule has 372 valence electrons. The van der Waals surface area contributed by atoms with Crippen molar-refractivity contribution in [2.45, 2.75) is 123 Å². The lowest BCUT2D eigenvalue weighted by molar-refractivity contribution is -0.148. The summed E-state index contributed by atoms with van der Waals surface area (Å²) in [6.07, 6.45) is 0.641. The van der Waals surface area contributed by atoms with Crippen molar-refractivity contribution in [3.63, 3.8) is 0 Å². The molecule has 0 aromatic heterocycles. The minimum Gasteiger partial charge on any atom is -0.480 e. The SMILES string of the molecule is CC[C@H](C)C([C@@H](CC(=O)N1CCC[C@H]1[C@H](OC)[C@@H](C)C(=O)N[C@@H](Cc1ccccc1)C(=O)O)OC)N(C)C(=O)[C@@H](NC(=O)[C@H](C(C)C)N(C)CCOCCOCCOCCON)C(C)C. The van der Waals surface area contributed by atoms with Crippen molar-refractivity contribution in [2.24, 2.45) is 29.6 Å². The van der Waals surface area contributed by atoms with Crippen molar-refractivity contribution in [1.82, 2.24) is 25.3 Å². The van der Waals surface area contributed by atoms with Crippen molar-refractivity contribution in [1.29, 1.82) is 0 Å². The third kappa shape index (κ3) is 18.5. The van der Waals surface area contributed by atoms with Crippen LogP contribution in [0.15, 0.2) is 30.3 Å². The number of carbonyl (C=O) groups excluding carboxylic acids is 4. The van der Waals surface area contributed by atoms with E-state index in [-0.39, 0.29) is 48.3 Å². The van der Waals surface area contributed by atoms with Gasteiger partial charge < -0.3 is 54.1 Å². The summed E-state index contributed by atoms with van der Waals surface area (Å²) in [5.74, 6) is 1.40. The Morgan fingerprint density at radius 2 is 1.43 bits per heavy atom. The van der Waals surface area contributed by atoms with Gasteiger partial charge in [-0.15, -0.1) is 0 Å². The van der Waals surface area contributed by atoms with Gasteiger partial charge in [0.2, 0.25) is 23.6 Å². The Bertz CT molecular complexity index is 1560. The number of benzene rings is 1. The summed E-state index contributed by atoms with van der Waals surface area (Å²) in [4.78, 5) is 78.4. The second kappa shape index (κ2) is 30.5. The molecule has 1 saturated heterocycles. The van der Waals surface area contributed by atoms with E-state index in [1.54, 1.807) is 23.8 Å². The average molecular weight is 923 g/mol. The number of aliphatic carboxylic acids is 1. The van der Waals surface area contributed by atoms with Crippen LogP contribution in [-0.2, 0) is 58.9 Å². The Labute approximate surface area is 387 Å². The van der Waals surface area contributed by atoms with E-state index in [0.717, 1.165) is 5.56 Å². The molecular formula is C47H82N6O12. The largest absolute Gasteiger partial charge is 0.480 e. The summed E-state index contributed by atoms with van der Waals surface area (Å²) in [5.41, 5.74) is 0.776. The van der Waals surface area contributed by atoms with Gasteiger partial charge in [-0.3, -0.25) is 24.1 Å². The van der Waals surface area contributed by atoms with E-state index in [1.165, 1.54) is 14.2 Å². The first-order chi connectivity index (χ1) is 30.9. The van der Waals surface area contributed by atoms with Gasteiger partial charge in [0.15, 0.2) is 0 Å². The molecule has 1 heterocycles. The fourth-order valence-electron chi connectivity index (χ4n) is 8.64. The Balaban J connectivity index is 2.14. The molecule has 18 nitrogen and oxygen atoms in total. The number of hydrogen-bond acceptors (Lipinski definition) is 13. The predicted octanol–water partition coefficient (Wildman–Crippen LogP) is 2.76. The number of likely N-dealkylation sites (N-methyl/N-ethyl adjacent to an activating group) is 2. The van der Waals surface area contributed by atoms with Crippen LogP contribution < -0.4 is 16.5 Å². The van der Waals surface area contributed by atoms with Crippen LogP contribution in [0.2, 0.25) is 0 Å². The topological polar surface area (TPSA) is 221 Å². The highest BCUT2D eigenvalue weighted by atomic mass is 16.6. The summed E-state index contributed by atoms with van der Waals surface area (Å²) in [6.45, 7) is 17.1. The number of carboxylic acid groups (broad SMARTS) is 1. The van der Waals surface area contributed by atoms with Gasteiger partial charge in [-0.1, -0.05) is 85.2 Å². The highest BCUT2D eigenvalue weighted by Crippen LogP contribution is 2.30. The first-order valence-corrected chi connectivity index (χ1v) is 23.2. The van der Waals surface area contributed by atoms with Gasteiger partial charge in [0.1, 0.15) is 12.1 Å². The van der Waals surface area contributed by atoms with E-state index in [9.17, 15) is 29.1 Å². The smallest absolute Gasteiger partial charge is 0.326 e. The van der Waals surface area contributed by atoms with Crippen molar-refractivity contribution in [2.75, 3.05) is 87.7 Å². The zero-order chi connectivity index (χ0) is 48.6. The molecule has 18 heteroatoms. The third-order valence-electron chi connectivity index (χ3n) is 12.4. The second-order valence-corrected chi connectivity index (χ2v) is 17.8. The standard InChI is InChI=1S/C47H82N6O12/c1-12-33(6)42(52(9)46(57)40(31(2)3)50-45(56)41(32(4)5)51(8)21-22-62-23-24-63-25-26-64-27-28-65-48)38(60-10)30-39(54)53-20-16-19-37(53)43(61-11)34(7)44(55)49-36(47(58)59)29-35-17-14-13-15-18-35/h13-15,17-18,31-34,36-38,40-43H,12,16,19-30,48H2,1-11H3,(H,49,55)(H,50,56)(H,58,59)/t33-,34+,36-,37-,38+,40-,41-,42?,43+/m0/s1. The van der Waals surface area contributed by atoms with E-state index >= 15 is 0 Å². The lowest BCUT2D eigenvalue weighted by atomic mass is 9.89. The minimum atomic E-state index is -1.15. The molecule has 9 atom stereocenters. The highest BCUT2D eigenvalue weighted by molar-refractivity contribution is 5.90. The maximum Gasteiger partial charge on any atom is 0.326 e. The lowest BCUT2D eigenvalue weighted by Crippen LogP contribution is -2.60. The average Bonchev–Trinajstić information content (AvgIpc) is 3.76. The lowest BCUT2D eigenvalue weighted by Gasteiger charge is -2.41. The van der Waals surface area contributed by atoms with Gasteiger partial charge in [0, 0.05) is 40.8 Å². The number of nitrogens with zero attached hydrogens (tertiary/aromatic N) is 3. The highest BCUT2D eigenvalue weighted by Gasteiger charge is 2.43. The maximum atomic E-state index is 14.5. The molecule has 0 bridgehead atoms. The number of nitrogens with two attached hydrogens (primary N) is 1. The van der Waals surface area contributed by atoms with Gasteiger partial charge in [-0.25, -0.2) is 10.7 Å². The summed E-state index contributed by atoms with van der Waals surface area (Å²) in [7, 11) is 6.59. The summed E-state index contributed by atoms with van der Waals surface area (Å²) in [6, 6.07) is 5.58. The predicted molar refractivity (Wildman–Crippen MR) is 246 cm³/mol. The fraction of sp³-hybridized carbons (Fsp3) is 0.766. The molecule has 65 heavy (non-hydrogen) atoms. The van der Waals surface area contributed by atoms with E-state index in [2.05, 4.69) is 15.5 Å². The summed E-state index contributed by atoms with van der Waals surface area (Å²) >= 11 is 0. The van der Waals surface area contributed by atoms with E-state index in [1.807, 2.05) is 83.8 Å². The first-order valence-electron chi connectivity index (χ1n) is 23.2. The Hall–Kier alpha value is -3.75. The molecular weight excluding hydrogens is 841 g/mol. The van der Waals surface area contributed by atoms with Crippen LogP contribution in [0.1, 0.15) is 79.7 Å². The molecule has 5 N–H and O–H groups in total. The molecule has 1 aromatic carbocycles. The van der Waals surface area contributed by atoms with Gasteiger partial charge >= 0.3 is 5.97 Å². The molecule has 1 aliphatic rings. The summed E-state index contributed by atoms with van der Waals surface area (Å²) < 4.78 is 28.6. The maximum absolute atomic E-state index is 14.5. The number of amides is 4. The van der Waals surface area contributed by atoms with Crippen LogP contribution in [0.5, 0.6) is 0 Å². The molecule has 2 rings (SSSR count). The number of carboxylic acids is 1. The normalized spacial score (nSPS) is 17.9. The van der Waals surface area contributed by atoms with Crippen LogP contribution in [-0.4, -0.2) is 179 Å². The zero-order valence-electron chi connectivity index (χ0n) is 41.0. The quantitative estimate of drug-likeness (QED) is 0.0589. The molecule has 1 unspecified atom stereocenters. The van der Waals surface area contributed by atoms with Crippen molar-refractivity contribution in [3.8, 4) is 0 Å². The van der Waals surface area contributed by atoms with E-state index < -0.39 is 60.2 Å². The van der Waals surface area contributed by atoms with Crippen LogP contribution in [0.4, 0.5) is 0 Å². The molecule has 0 saturated carbocycles. The van der Waals surface area contributed by atoms with Crippen LogP contribution in [0.25, 0.3) is 0 Å². The molecule has 1 aliphatic heterocycles. The molecule has 1 aromatic rings.